The molecule has 0 radical (unpaired) electrons. The van der Waals surface area contributed by atoms with E-state index in [9.17, 15) is 4.79 Å². The van der Waals surface area contributed by atoms with Crippen LogP contribution in [-0.4, -0.2) is 44.4 Å². The number of carbonyl (C=O) groups is 1. The average molecular weight is 504 g/mol. The van der Waals surface area contributed by atoms with Crippen LogP contribution in [0, 0.1) is 11.3 Å². The summed E-state index contributed by atoms with van der Waals surface area (Å²) in [6.07, 6.45) is 6.57. The van der Waals surface area contributed by atoms with Gasteiger partial charge in [-0.1, -0.05) is 72.8 Å². The van der Waals surface area contributed by atoms with Gasteiger partial charge < -0.3 is 9.47 Å². The predicted molar refractivity (Wildman–Crippen MR) is 148 cm³/mol. The molecule has 192 valence electrons. The van der Waals surface area contributed by atoms with Crippen molar-refractivity contribution in [1.29, 1.82) is 5.26 Å². The lowest BCUT2D eigenvalue weighted by atomic mass is 10.1. The van der Waals surface area contributed by atoms with E-state index in [1.54, 1.807) is 0 Å². The summed E-state index contributed by atoms with van der Waals surface area (Å²) in [7, 11) is 0. The Balaban J connectivity index is 1.30. The molecule has 1 aliphatic heterocycles. The third-order valence-electron chi connectivity index (χ3n) is 7.28. The van der Waals surface area contributed by atoms with Crippen LogP contribution in [-0.2, 0) is 30.8 Å². The molecule has 1 atom stereocenters. The molecule has 0 unspecified atom stereocenters. The molecule has 6 nitrogen and oxygen atoms in total. The van der Waals surface area contributed by atoms with E-state index in [2.05, 4.69) is 56.9 Å². The molecule has 0 spiro atoms. The maximum absolute atomic E-state index is 13.6. The van der Waals surface area contributed by atoms with Crippen LogP contribution in [0.3, 0.4) is 0 Å². The van der Waals surface area contributed by atoms with Crippen LogP contribution in [0.25, 0.3) is 0 Å². The Morgan fingerprint density at radius 3 is 2.29 bits per heavy atom. The number of likely N-dealkylation sites (tertiary alicyclic amines) is 1. The van der Waals surface area contributed by atoms with Crippen LogP contribution in [0.1, 0.15) is 40.8 Å². The van der Waals surface area contributed by atoms with Gasteiger partial charge in [-0.2, -0.15) is 5.26 Å². The molecule has 4 aromatic rings. The lowest BCUT2D eigenvalue weighted by molar-refractivity contribution is -0.132. The molecule has 1 aliphatic rings. The van der Waals surface area contributed by atoms with Crippen molar-refractivity contribution in [3.8, 4) is 6.07 Å². The highest BCUT2D eigenvalue weighted by Gasteiger charge is 2.36. The second kappa shape index (κ2) is 12.4. The Labute approximate surface area is 224 Å². The van der Waals surface area contributed by atoms with E-state index in [1.807, 2.05) is 66.0 Å². The second-order valence-corrected chi connectivity index (χ2v) is 9.93. The third kappa shape index (κ3) is 6.37. The van der Waals surface area contributed by atoms with Crippen LogP contribution in [0.2, 0.25) is 0 Å². The maximum Gasteiger partial charge on any atom is 0.240 e. The van der Waals surface area contributed by atoms with E-state index in [4.69, 9.17) is 5.26 Å². The molecule has 1 saturated heterocycles. The number of carbonyl (C=O) groups excluding carboxylic acids is 1. The smallest absolute Gasteiger partial charge is 0.240 e. The largest absolute Gasteiger partial charge is 0.337 e. The molecule has 5 rings (SSSR count). The number of aryl methyl sites for hydroxylation is 1. The van der Waals surface area contributed by atoms with Gasteiger partial charge in [0.2, 0.25) is 5.91 Å². The Morgan fingerprint density at radius 1 is 0.895 bits per heavy atom. The lowest BCUT2D eigenvalue weighted by Gasteiger charge is -2.28. The fourth-order valence-electron chi connectivity index (χ4n) is 5.21. The fourth-order valence-corrected chi connectivity index (χ4v) is 5.21. The van der Waals surface area contributed by atoms with Crippen LogP contribution < -0.4 is 0 Å². The minimum atomic E-state index is -0.132. The molecule has 1 amide bonds. The Kier molecular flexibility index (Phi) is 8.27. The summed E-state index contributed by atoms with van der Waals surface area (Å²) in [6.45, 7) is 3.62. The number of hydrogen-bond acceptors (Lipinski definition) is 4. The standard InChI is InChI=1S/C32H33N5O/c33-20-27-13-15-29(16-14-27)23-37-25-34-21-30(37)24-35(18-7-12-26-8-3-1-4-9-26)31-17-19-36(32(31)38)22-28-10-5-2-6-11-28/h1-6,8-11,13-16,21,25,31H,7,12,17-19,22-24H2/t31-/m1/s1. The summed E-state index contributed by atoms with van der Waals surface area (Å²) >= 11 is 0. The highest BCUT2D eigenvalue weighted by molar-refractivity contribution is 5.84. The van der Waals surface area contributed by atoms with Crippen molar-refractivity contribution in [2.24, 2.45) is 0 Å². The number of rotatable bonds is 11. The van der Waals surface area contributed by atoms with Gasteiger partial charge in [-0.05, 0) is 54.6 Å². The molecular weight excluding hydrogens is 470 g/mol. The SMILES string of the molecule is N#Cc1ccc(Cn2cncc2CN(CCCc2ccccc2)[C@@H]2CCN(Cc3ccccc3)C2=O)cc1. The molecule has 0 aliphatic carbocycles. The fraction of sp³-hybridized carbons (Fsp3) is 0.281. The van der Waals surface area contributed by atoms with Crippen molar-refractivity contribution >= 4 is 5.91 Å². The van der Waals surface area contributed by atoms with E-state index < -0.39 is 0 Å². The quantitative estimate of drug-likeness (QED) is 0.288. The van der Waals surface area contributed by atoms with Gasteiger partial charge >= 0.3 is 0 Å². The molecular formula is C32H33N5O. The lowest BCUT2D eigenvalue weighted by Crippen LogP contribution is -2.42. The zero-order valence-electron chi connectivity index (χ0n) is 21.6. The highest BCUT2D eigenvalue weighted by atomic mass is 16.2. The summed E-state index contributed by atoms with van der Waals surface area (Å²) in [4.78, 5) is 22.4. The molecule has 6 heteroatoms. The minimum Gasteiger partial charge on any atom is -0.337 e. The number of hydrogen-bond donors (Lipinski definition) is 0. The summed E-state index contributed by atoms with van der Waals surface area (Å²) in [6, 6.07) is 30.5. The van der Waals surface area contributed by atoms with Gasteiger partial charge in [0.05, 0.1) is 29.7 Å². The van der Waals surface area contributed by atoms with Crippen molar-refractivity contribution in [3.63, 3.8) is 0 Å². The van der Waals surface area contributed by atoms with Crippen LogP contribution in [0.4, 0.5) is 0 Å². The Morgan fingerprint density at radius 2 is 1.58 bits per heavy atom. The minimum absolute atomic E-state index is 0.132. The first-order valence-electron chi connectivity index (χ1n) is 13.3. The number of nitriles is 1. The van der Waals surface area contributed by atoms with Crippen LogP contribution >= 0.6 is 0 Å². The molecule has 0 saturated carbocycles. The average Bonchev–Trinajstić information content (AvgIpc) is 3.55. The molecule has 1 fully saturated rings. The molecule has 2 heterocycles. The van der Waals surface area contributed by atoms with Gasteiger partial charge in [0.25, 0.3) is 0 Å². The van der Waals surface area contributed by atoms with E-state index in [-0.39, 0.29) is 11.9 Å². The topological polar surface area (TPSA) is 65.2 Å². The van der Waals surface area contributed by atoms with Crippen molar-refractivity contribution in [3.05, 3.63) is 125 Å². The Bertz CT molecular complexity index is 1360. The molecule has 0 N–H and O–H groups in total. The van der Waals surface area contributed by atoms with Crippen LogP contribution in [0.5, 0.6) is 0 Å². The van der Waals surface area contributed by atoms with E-state index in [1.165, 1.54) is 5.56 Å². The van der Waals surface area contributed by atoms with Crippen molar-refractivity contribution in [2.45, 2.75) is 44.9 Å². The number of aromatic nitrogens is 2. The van der Waals surface area contributed by atoms with E-state index in [0.717, 1.165) is 49.2 Å². The van der Waals surface area contributed by atoms with Gasteiger partial charge in [-0.15, -0.1) is 0 Å². The van der Waals surface area contributed by atoms with Gasteiger partial charge in [0, 0.05) is 32.4 Å². The number of amides is 1. The van der Waals surface area contributed by atoms with Crippen molar-refractivity contribution < 1.29 is 4.79 Å². The van der Waals surface area contributed by atoms with Crippen molar-refractivity contribution in [1.82, 2.24) is 19.4 Å². The first-order valence-corrected chi connectivity index (χ1v) is 13.3. The second-order valence-electron chi connectivity index (χ2n) is 9.93. The molecule has 0 bridgehead atoms. The highest BCUT2D eigenvalue weighted by Crippen LogP contribution is 2.23. The van der Waals surface area contributed by atoms with E-state index >= 15 is 0 Å². The predicted octanol–water partition coefficient (Wildman–Crippen LogP) is 5.04. The molecule has 3 aromatic carbocycles. The maximum atomic E-state index is 13.6. The zero-order valence-corrected chi connectivity index (χ0v) is 21.6. The van der Waals surface area contributed by atoms with Gasteiger partial charge in [-0.25, -0.2) is 4.98 Å². The Hall–Kier alpha value is -4.21. The van der Waals surface area contributed by atoms with Gasteiger partial charge in [0.1, 0.15) is 0 Å². The molecule has 38 heavy (non-hydrogen) atoms. The first kappa shape index (κ1) is 25.4. The third-order valence-corrected chi connectivity index (χ3v) is 7.28. The summed E-state index contributed by atoms with van der Waals surface area (Å²) < 4.78 is 2.15. The summed E-state index contributed by atoms with van der Waals surface area (Å²) in [5.74, 6) is 0.215. The first-order chi connectivity index (χ1) is 18.7. The van der Waals surface area contributed by atoms with Gasteiger partial charge in [0.15, 0.2) is 0 Å². The number of imidazole rings is 1. The number of nitrogens with zero attached hydrogens (tertiary/aromatic N) is 5. The number of benzene rings is 3. The van der Waals surface area contributed by atoms with Gasteiger partial charge in [-0.3, -0.25) is 9.69 Å². The molecule has 1 aromatic heterocycles. The summed E-state index contributed by atoms with van der Waals surface area (Å²) in [5.41, 5.74) is 5.34. The monoisotopic (exact) mass is 503 g/mol. The van der Waals surface area contributed by atoms with Crippen LogP contribution in [0.15, 0.2) is 97.5 Å². The zero-order chi connectivity index (χ0) is 26.2. The van der Waals surface area contributed by atoms with E-state index in [0.29, 0.717) is 25.2 Å². The normalized spacial score (nSPS) is 15.2. The summed E-state index contributed by atoms with van der Waals surface area (Å²) in [5, 5.41) is 9.10. The van der Waals surface area contributed by atoms with Crippen molar-refractivity contribution in [2.75, 3.05) is 13.1 Å².